The van der Waals surface area contributed by atoms with Gasteiger partial charge in [-0.3, -0.25) is 4.79 Å². The molecule has 0 aliphatic heterocycles. The second kappa shape index (κ2) is 6.43. The summed E-state index contributed by atoms with van der Waals surface area (Å²) in [6.45, 7) is 1.01. The Morgan fingerprint density at radius 3 is 2.95 bits per heavy atom. The van der Waals surface area contributed by atoms with E-state index in [9.17, 15) is 4.79 Å². The maximum atomic E-state index is 11.5. The van der Waals surface area contributed by atoms with Gasteiger partial charge in [-0.25, -0.2) is 0 Å². The molecule has 0 bridgehead atoms. The SMILES string of the molecule is N#Cc1cccc(OCCCn2cc(N)ccc2=O)c1. The molecule has 2 rings (SSSR count). The van der Waals surface area contributed by atoms with Crippen LogP contribution in [0.2, 0.25) is 0 Å². The molecule has 0 spiro atoms. The van der Waals surface area contributed by atoms with E-state index < -0.39 is 0 Å². The second-order valence-corrected chi connectivity index (χ2v) is 4.34. The highest BCUT2D eigenvalue weighted by atomic mass is 16.5. The van der Waals surface area contributed by atoms with Gasteiger partial charge in [-0.05, 0) is 30.7 Å². The lowest BCUT2D eigenvalue weighted by atomic mass is 10.2. The number of hydrogen-bond acceptors (Lipinski definition) is 4. The summed E-state index contributed by atoms with van der Waals surface area (Å²) in [7, 11) is 0. The van der Waals surface area contributed by atoms with Crippen molar-refractivity contribution in [2.24, 2.45) is 0 Å². The molecule has 2 N–H and O–H groups in total. The zero-order chi connectivity index (χ0) is 14.4. The smallest absolute Gasteiger partial charge is 0.250 e. The predicted octanol–water partition coefficient (Wildman–Crippen LogP) is 1.77. The van der Waals surface area contributed by atoms with Crippen molar-refractivity contribution in [3.05, 3.63) is 58.5 Å². The van der Waals surface area contributed by atoms with Crippen LogP contribution in [0.15, 0.2) is 47.4 Å². The average molecular weight is 269 g/mol. The van der Waals surface area contributed by atoms with Gasteiger partial charge in [0, 0.05) is 24.5 Å². The summed E-state index contributed by atoms with van der Waals surface area (Å²) >= 11 is 0. The molecule has 20 heavy (non-hydrogen) atoms. The molecule has 0 saturated heterocycles. The number of aromatic nitrogens is 1. The van der Waals surface area contributed by atoms with Crippen LogP contribution in [0, 0.1) is 11.3 Å². The summed E-state index contributed by atoms with van der Waals surface area (Å²) in [6.07, 6.45) is 2.30. The minimum absolute atomic E-state index is 0.0781. The third-order valence-corrected chi connectivity index (χ3v) is 2.78. The minimum atomic E-state index is -0.0781. The fourth-order valence-electron chi connectivity index (χ4n) is 1.80. The molecule has 0 aliphatic carbocycles. The van der Waals surface area contributed by atoms with Crippen molar-refractivity contribution in [1.82, 2.24) is 4.57 Å². The van der Waals surface area contributed by atoms with Crippen molar-refractivity contribution < 1.29 is 4.74 Å². The first-order valence-electron chi connectivity index (χ1n) is 6.28. The van der Waals surface area contributed by atoms with Crippen LogP contribution in [-0.2, 0) is 6.54 Å². The van der Waals surface area contributed by atoms with E-state index in [4.69, 9.17) is 15.7 Å². The number of pyridine rings is 1. The number of nitrogens with two attached hydrogens (primary N) is 1. The Bertz CT molecular complexity index is 686. The van der Waals surface area contributed by atoms with Gasteiger partial charge in [-0.15, -0.1) is 0 Å². The molecule has 2 aromatic rings. The third kappa shape index (κ3) is 3.62. The molecular weight excluding hydrogens is 254 g/mol. The van der Waals surface area contributed by atoms with Crippen LogP contribution >= 0.6 is 0 Å². The number of nitriles is 1. The maximum absolute atomic E-state index is 11.5. The number of anilines is 1. The Hall–Kier alpha value is -2.74. The van der Waals surface area contributed by atoms with Gasteiger partial charge in [0.2, 0.25) is 0 Å². The first kappa shape index (κ1) is 13.7. The number of ether oxygens (including phenoxy) is 1. The lowest BCUT2D eigenvalue weighted by Crippen LogP contribution is -2.20. The van der Waals surface area contributed by atoms with Gasteiger partial charge in [0.05, 0.1) is 18.2 Å². The Balaban J connectivity index is 1.86. The molecule has 0 radical (unpaired) electrons. The fraction of sp³-hybridized carbons (Fsp3) is 0.200. The molecular formula is C15H15N3O2. The third-order valence-electron chi connectivity index (χ3n) is 2.78. The molecule has 0 amide bonds. The van der Waals surface area contributed by atoms with E-state index in [1.165, 1.54) is 6.07 Å². The molecule has 102 valence electrons. The van der Waals surface area contributed by atoms with E-state index in [0.29, 0.717) is 36.6 Å². The summed E-state index contributed by atoms with van der Waals surface area (Å²) in [5.74, 6) is 0.656. The highest BCUT2D eigenvalue weighted by Crippen LogP contribution is 2.12. The summed E-state index contributed by atoms with van der Waals surface area (Å²) in [4.78, 5) is 11.5. The van der Waals surface area contributed by atoms with E-state index in [0.717, 1.165) is 0 Å². The van der Waals surface area contributed by atoms with Crippen LogP contribution in [0.25, 0.3) is 0 Å². The molecule has 0 saturated carbocycles. The molecule has 1 aromatic carbocycles. The second-order valence-electron chi connectivity index (χ2n) is 4.34. The van der Waals surface area contributed by atoms with Crippen molar-refractivity contribution in [3.63, 3.8) is 0 Å². The Morgan fingerprint density at radius 1 is 1.30 bits per heavy atom. The van der Waals surface area contributed by atoms with Crippen LogP contribution in [0.3, 0.4) is 0 Å². The average Bonchev–Trinajstić information content (AvgIpc) is 2.47. The number of benzene rings is 1. The van der Waals surface area contributed by atoms with Crippen molar-refractivity contribution in [1.29, 1.82) is 5.26 Å². The normalized spacial score (nSPS) is 9.95. The van der Waals surface area contributed by atoms with Crippen molar-refractivity contribution in [2.45, 2.75) is 13.0 Å². The van der Waals surface area contributed by atoms with Gasteiger partial charge < -0.3 is 15.0 Å². The highest BCUT2D eigenvalue weighted by Gasteiger charge is 1.99. The van der Waals surface area contributed by atoms with Gasteiger partial charge in [0.25, 0.3) is 5.56 Å². The fourth-order valence-corrected chi connectivity index (χ4v) is 1.80. The number of hydrogen-bond donors (Lipinski definition) is 1. The monoisotopic (exact) mass is 269 g/mol. The number of nitrogen functional groups attached to an aromatic ring is 1. The first-order chi connectivity index (χ1) is 9.69. The number of aryl methyl sites for hydroxylation is 1. The summed E-state index contributed by atoms with van der Waals surface area (Å²) < 4.78 is 7.10. The van der Waals surface area contributed by atoms with Crippen LogP contribution in [0.4, 0.5) is 5.69 Å². The molecule has 5 nitrogen and oxygen atoms in total. The van der Waals surface area contributed by atoms with Gasteiger partial charge in [-0.2, -0.15) is 5.26 Å². The minimum Gasteiger partial charge on any atom is -0.493 e. The summed E-state index contributed by atoms with van der Waals surface area (Å²) in [6, 6.07) is 12.1. The first-order valence-corrected chi connectivity index (χ1v) is 6.28. The van der Waals surface area contributed by atoms with Crippen molar-refractivity contribution in [2.75, 3.05) is 12.3 Å². The molecule has 1 heterocycles. The molecule has 0 atom stereocenters. The number of rotatable bonds is 5. The van der Waals surface area contributed by atoms with Crippen molar-refractivity contribution >= 4 is 5.69 Å². The van der Waals surface area contributed by atoms with Gasteiger partial charge in [0.15, 0.2) is 0 Å². The zero-order valence-electron chi connectivity index (χ0n) is 11.0. The largest absolute Gasteiger partial charge is 0.493 e. The Morgan fingerprint density at radius 2 is 2.15 bits per heavy atom. The van der Waals surface area contributed by atoms with Crippen LogP contribution in [0.1, 0.15) is 12.0 Å². The summed E-state index contributed by atoms with van der Waals surface area (Å²) in [5.41, 5.74) is 6.68. The Kier molecular flexibility index (Phi) is 4.40. The molecule has 0 unspecified atom stereocenters. The Labute approximate surface area is 116 Å². The molecule has 0 fully saturated rings. The van der Waals surface area contributed by atoms with Gasteiger partial charge in [0.1, 0.15) is 5.75 Å². The zero-order valence-corrected chi connectivity index (χ0v) is 11.0. The number of nitrogens with zero attached hydrogens (tertiary/aromatic N) is 2. The molecule has 1 aromatic heterocycles. The maximum Gasteiger partial charge on any atom is 0.250 e. The highest BCUT2D eigenvalue weighted by molar-refractivity contribution is 5.36. The van der Waals surface area contributed by atoms with Crippen molar-refractivity contribution in [3.8, 4) is 11.8 Å². The van der Waals surface area contributed by atoms with Gasteiger partial charge >= 0.3 is 0 Å². The van der Waals surface area contributed by atoms with E-state index in [1.54, 1.807) is 41.1 Å². The van der Waals surface area contributed by atoms with E-state index in [-0.39, 0.29) is 5.56 Å². The van der Waals surface area contributed by atoms with E-state index in [1.807, 2.05) is 0 Å². The topological polar surface area (TPSA) is 81.0 Å². The van der Waals surface area contributed by atoms with E-state index >= 15 is 0 Å². The lowest BCUT2D eigenvalue weighted by molar-refractivity contribution is 0.301. The molecule has 5 heteroatoms. The van der Waals surface area contributed by atoms with Crippen LogP contribution in [-0.4, -0.2) is 11.2 Å². The quantitative estimate of drug-likeness (QED) is 0.839. The van der Waals surface area contributed by atoms with Crippen LogP contribution in [0.5, 0.6) is 5.75 Å². The predicted molar refractivity (Wildman–Crippen MR) is 76.4 cm³/mol. The standard InChI is InChI=1S/C15H15N3O2/c16-10-12-3-1-4-14(9-12)20-8-2-7-18-11-13(17)5-6-15(18)19/h1,3-6,9,11H,2,7-8,17H2. The van der Waals surface area contributed by atoms with E-state index in [2.05, 4.69) is 6.07 Å². The van der Waals surface area contributed by atoms with Crippen LogP contribution < -0.4 is 16.0 Å². The molecule has 0 aliphatic rings. The lowest BCUT2D eigenvalue weighted by Gasteiger charge is -2.08. The van der Waals surface area contributed by atoms with Gasteiger partial charge in [-0.1, -0.05) is 6.07 Å². The summed E-state index contributed by atoms with van der Waals surface area (Å²) in [5, 5.41) is 8.78.